The van der Waals surface area contributed by atoms with Gasteiger partial charge in [-0.25, -0.2) is 0 Å². The summed E-state index contributed by atoms with van der Waals surface area (Å²) in [6.45, 7) is 5.86. The summed E-state index contributed by atoms with van der Waals surface area (Å²) in [6.07, 6.45) is -1.71. The van der Waals surface area contributed by atoms with Crippen LogP contribution in [0.3, 0.4) is 0 Å². The van der Waals surface area contributed by atoms with Gasteiger partial charge in [-0.2, -0.15) is 0 Å². The number of rotatable bonds is 0. The summed E-state index contributed by atoms with van der Waals surface area (Å²) in [5.41, 5.74) is 0. The summed E-state index contributed by atoms with van der Waals surface area (Å²) in [5, 5.41) is 18.5. The molecule has 3 nitrogen and oxygen atoms in total. The predicted octanol–water partition coefficient (Wildman–Crippen LogP) is 0.357. The van der Waals surface area contributed by atoms with Crippen molar-refractivity contribution in [3.05, 3.63) is 0 Å². The van der Waals surface area contributed by atoms with Crippen molar-refractivity contribution in [2.75, 3.05) is 0 Å². The lowest BCUT2D eigenvalue weighted by Crippen LogP contribution is -2.47. The molecule has 1 aliphatic rings. The molecular formula is C8H16O3. The standard InChI is InChI=1S/C8H16O3/c1-4-5(2)7(9)8(10)11-6(4)3/h4-10H,1-3H3/t4-,5-,6?,7?,8+/m0/s1. The first-order valence-corrected chi connectivity index (χ1v) is 4.05. The van der Waals surface area contributed by atoms with Gasteiger partial charge in [-0.15, -0.1) is 0 Å². The molecule has 3 heteroatoms. The van der Waals surface area contributed by atoms with Gasteiger partial charge in [-0.1, -0.05) is 13.8 Å². The van der Waals surface area contributed by atoms with Crippen LogP contribution in [-0.4, -0.2) is 28.7 Å². The van der Waals surface area contributed by atoms with Gasteiger partial charge in [0, 0.05) is 0 Å². The zero-order valence-corrected chi connectivity index (χ0v) is 7.19. The fourth-order valence-electron chi connectivity index (χ4n) is 1.42. The number of hydrogen-bond donors (Lipinski definition) is 2. The van der Waals surface area contributed by atoms with Gasteiger partial charge in [0.25, 0.3) is 0 Å². The SMILES string of the molecule is CC1O[C@@H](O)C(O)[C@@H](C)[C@@H]1C. The summed E-state index contributed by atoms with van der Waals surface area (Å²) in [6, 6.07) is 0. The Bertz CT molecular complexity index is 123. The molecule has 0 aliphatic carbocycles. The van der Waals surface area contributed by atoms with Crippen LogP contribution in [0, 0.1) is 11.8 Å². The summed E-state index contributed by atoms with van der Waals surface area (Å²) in [4.78, 5) is 0. The van der Waals surface area contributed by atoms with Crippen molar-refractivity contribution in [2.45, 2.75) is 39.3 Å². The summed E-state index contributed by atoms with van der Waals surface area (Å²) < 4.78 is 5.09. The minimum atomic E-state index is -1.00. The maximum absolute atomic E-state index is 9.36. The van der Waals surface area contributed by atoms with Gasteiger partial charge < -0.3 is 14.9 Å². The molecule has 11 heavy (non-hydrogen) atoms. The van der Waals surface area contributed by atoms with Crippen molar-refractivity contribution in [3.63, 3.8) is 0 Å². The van der Waals surface area contributed by atoms with E-state index in [-0.39, 0.29) is 12.0 Å². The Morgan fingerprint density at radius 1 is 1.00 bits per heavy atom. The highest BCUT2D eigenvalue weighted by Gasteiger charge is 2.37. The molecule has 0 aromatic rings. The van der Waals surface area contributed by atoms with Gasteiger partial charge in [0.2, 0.25) is 0 Å². The van der Waals surface area contributed by atoms with Crippen molar-refractivity contribution in [1.82, 2.24) is 0 Å². The van der Waals surface area contributed by atoms with Gasteiger partial charge in [0.05, 0.1) is 6.10 Å². The normalized spacial score (nSPS) is 52.6. The molecule has 2 unspecified atom stereocenters. The average Bonchev–Trinajstić information content (AvgIpc) is 1.97. The topological polar surface area (TPSA) is 49.7 Å². The number of ether oxygens (including phenoxy) is 1. The lowest BCUT2D eigenvalue weighted by atomic mass is 9.84. The van der Waals surface area contributed by atoms with Gasteiger partial charge in [-0.3, -0.25) is 0 Å². The van der Waals surface area contributed by atoms with E-state index in [1.165, 1.54) is 0 Å². The second-order valence-corrected chi connectivity index (χ2v) is 3.44. The first-order valence-electron chi connectivity index (χ1n) is 4.05. The molecule has 1 aliphatic heterocycles. The van der Waals surface area contributed by atoms with E-state index in [2.05, 4.69) is 0 Å². The molecule has 0 spiro atoms. The van der Waals surface area contributed by atoms with Crippen molar-refractivity contribution < 1.29 is 14.9 Å². The van der Waals surface area contributed by atoms with Crippen LogP contribution in [0.1, 0.15) is 20.8 Å². The fourth-order valence-corrected chi connectivity index (χ4v) is 1.42. The molecule has 1 saturated heterocycles. The van der Waals surface area contributed by atoms with E-state index in [0.717, 1.165) is 0 Å². The summed E-state index contributed by atoms with van der Waals surface area (Å²) in [5.74, 6) is 0.405. The molecule has 1 fully saturated rings. The van der Waals surface area contributed by atoms with Crippen LogP contribution in [0.5, 0.6) is 0 Å². The third-order valence-electron chi connectivity index (χ3n) is 2.75. The summed E-state index contributed by atoms with van der Waals surface area (Å²) in [7, 11) is 0. The number of aliphatic hydroxyl groups excluding tert-OH is 2. The highest BCUT2D eigenvalue weighted by Crippen LogP contribution is 2.29. The van der Waals surface area contributed by atoms with Crippen LogP contribution in [0.4, 0.5) is 0 Å². The average molecular weight is 160 g/mol. The quantitative estimate of drug-likeness (QED) is 0.538. The monoisotopic (exact) mass is 160 g/mol. The van der Waals surface area contributed by atoms with E-state index >= 15 is 0 Å². The van der Waals surface area contributed by atoms with Crippen molar-refractivity contribution in [3.8, 4) is 0 Å². The molecule has 0 radical (unpaired) electrons. The van der Waals surface area contributed by atoms with Crippen molar-refractivity contribution in [1.29, 1.82) is 0 Å². The van der Waals surface area contributed by atoms with Crippen molar-refractivity contribution in [2.24, 2.45) is 11.8 Å². The Morgan fingerprint density at radius 2 is 1.55 bits per heavy atom. The molecule has 0 aromatic carbocycles. The van der Waals surface area contributed by atoms with Crippen molar-refractivity contribution >= 4 is 0 Å². The summed E-state index contributed by atoms with van der Waals surface area (Å²) >= 11 is 0. The molecule has 0 saturated carbocycles. The zero-order valence-electron chi connectivity index (χ0n) is 7.19. The van der Waals surface area contributed by atoms with E-state index in [4.69, 9.17) is 9.84 Å². The van der Waals surface area contributed by atoms with Gasteiger partial charge in [0.15, 0.2) is 6.29 Å². The Balaban J connectivity index is 2.63. The third-order valence-corrected chi connectivity index (χ3v) is 2.75. The molecule has 66 valence electrons. The van der Waals surface area contributed by atoms with Crippen LogP contribution in [0.15, 0.2) is 0 Å². The minimum absolute atomic E-state index is 0.0309. The number of aliphatic hydroxyl groups is 2. The molecule has 0 amide bonds. The third kappa shape index (κ3) is 1.55. The van der Waals surface area contributed by atoms with Crippen LogP contribution >= 0.6 is 0 Å². The Kier molecular flexibility index (Phi) is 2.52. The van der Waals surface area contributed by atoms with E-state index in [0.29, 0.717) is 5.92 Å². The largest absolute Gasteiger partial charge is 0.388 e. The van der Waals surface area contributed by atoms with E-state index in [1.54, 1.807) is 0 Å². The molecule has 2 N–H and O–H groups in total. The molecule has 5 atom stereocenters. The number of hydrogen-bond acceptors (Lipinski definition) is 3. The smallest absolute Gasteiger partial charge is 0.181 e. The predicted molar refractivity (Wildman–Crippen MR) is 40.9 cm³/mol. The van der Waals surface area contributed by atoms with E-state index < -0.39 is 12.4 Å². The lowest BCUT2D eigenvalue weighted by molar-refractivity contribution is -0.245. The first kappa shape index (κ1) is 8.97. The maximum Gasteiger partial charge on any atom is 0.181 e. The first-order chi connectivity index (χ1) is 5.04. The Hall–Kier alpha value is -0.120. The fraction of sp³-hybridized carbons (Fsp3) is 1.00. The van der Waals surface area contributed by atoms with Crippen LogP contribution in [0.25, 0.3) is 0 Å². The van der Waals surface area contributed by atoms with Gasteiger partial charge >= 0.3 is 0 Å². The van der Waals surface area contributed by atoms with Gasteiger partial charge in [-0.05, 0) is 18.8 Å². The highest BCUT2D eigenvalue weighted by atomic mass is 16.6. The molecule has 1 rings (SSSR count). The zero-order chi connectivity index (χ0) is 8.59. The van der Waals surface area contributed by atoms with Crippen LogP contribution in [-0.2, 0) is 4.74 Å². The van der Waals surface area contributed by atoms with Crippen LogP contribution in [0.2, 0.25) is 0 Å². The second-order valence-electron chi connectivity index (χ2n) is 3.44. The molecule has 0 bridgehead atoms. The van der Waals surface area contributed by atoms with E-state index in [1.807, 2.05) is 20.8 Å². The molecular weight excluding hydrogens is 144 g/mol. The Morgan fingerprint density at radius 3 is 2.09 bits per heavy atom. The molecule has 0 aromatic heterocycles. The molecule has 1 heterocycles. The van der Waals surface area contributed by atoms with Gasteiger partial charge in [0.1, 0.15) is 6.10 Å². The minimum Gasteiger partial charge on any atom is -0.388 e. The maximum atomic E-state index is 9.36. The highest BCUT2D eigenvalue weighted by molar-refractivity contribution is 4.81. The lowest BCUT2D eigenvalue weighted by Gasteiger charge is -2.38. The Labute approximate surface area is 67.0 Å². The second kappa shape index (κ2) is 3.09. The van der Waals surface area contributed by atoms with Crippen LogP contribution < -0.4 is 0 Å². The van der Waals surface area contributed by atoms with E-state index in [9.17, 15) is 5.11 Å².